The molecule has 0 spiro atoms. The average molecular weight is 272 g/mol. The van der Waals surface area contributed by atoms with Crippen LogP contribution in [0.3, 0.4) is 0 Å². The SMILES string of the molecule is COc1ccc(CC(=O)c2ccc(SC)cc2)cc1. The van der Waals surface area contributed by atoms with Gasteiger partial charge in [0.15, 0.2) is 5.78 Å². The molecule has 0 saturated heterocycles. The maximum atomic E-state index is 12.1. The zero-order valence-electron chi connectivity index (χ0n) is 11.1. The summed E-state index contributed by atoms with van der Waals surface area (Å²) in [7, 11) is 1.63. The van der Waals surface area contributed by atoms with Crippen molar-refractivity contribution in [3.05, 3.63) is 59.7 Å². The number of benzene rings is 2. The fourth-order valence-corrected chi connectivity index (χ4v) is 2.22. The Morgan fingerprint density at radius 1 is 1.05 bits per heavy atom. The standard InChI is InChI=1S/C16H16O2S/c1-18-14-7-3-12(4-8-14)11-16(17)13-5-9-15(19-2)10-6-13/h3-10H,11H2,1-2H3. The number of carbonyl (C=O) groups excluding carboxylic acids is 1. The Hall–Kier alpha value is -1.74. The van der Waals surface area contributed by atoms with Gasteiger partial charge in [-0.15, -0.1) is 11.8 Å². The third-order valence-electron chi connectivity index (χ3n) is 2.94. The summed E-state index contributed by atoms with van der Waals surface area (Å²) in [5, 5.41) is 0. The molecular formula is C16H16O2S. The first kappa shape index (κ1) is 13.7. The fourth-order valence-electron chi connectivity index (χ4n) is 1.81. The van der Waals surface area contributed by atoms with Gasteiger partial charge in [0, 0.05) is 16.9 Å². The highest BCUT2D eigenvalue weighted by Crippen LogP contribution is 2.17. The molecule has 2 nitrogen and oxygen atoms in total. The van der Waals surface area contributed by atoms with E-state index < -0.39 is 0 Å². The number of Topliss-reactive ketones (excluding diaryl/α,β-unsaturated/α-hetero) is 1. The molecule has 0 atom stereocenters. The van der Waals surface area contributed by atoms with Crippen molar-refractivity contribution in [1.29, 1.82) is 0 Å². The minimum Gasteiger partial charge on any atom is -0.497 e. The van der Waals surface area contributed by atoms with E-state index in [0.29, 0.717) is 6.42 Å². The molecule has 19 heavy (non-hydrogen) atoms. The summed E-state index contributed by atoms with van der Waals surface area (Å²) in [5.74, 6) is 0.943. The van der Waals surface area contributed by atoms with Crippen molar-refractivity contribution in [2.24, 2.45) is 0 Å². The normalized spacial score (nSPS) is 10.2. The van der Waals surface area contributed by atoms with E-state index in [0.717, 1.165) is 16.9 Å². The van der Waals surface area contributed by atoms with Crippen LogP contribution in [-0.4, -0.2) is 19.1 Å². The van der Waals surface area contributed by atoms with Gasteiger partial charge in [-0.2, -0.15) is 0 Å². The maximum absolute atomic E-state index is 12.1. The number of ether oxygens (including phenoxy) is 1. The van der Waals surface area contributed by atoms with Crippen molar-refractivity contribution in [2.45, 2.75) is 11.3 Å². The van der Waals surface area contributed by atoms with Crippen LogP contribution in [0.1, 0.15) is 15.9 Å². The van der Waals surface area contributed by atoms with Crippen LogP contribution in [0, 0.1) is 0 Å². The molecule has 2 rings (SSSR count). The molecule has 0 N–H and O–H groups in total. The Bertz CT molecular complexity index is 544. The summed E-state index contributed by atoms with van der Waals surface area (Å²) >= 11 is 1.67. The Morgan fingerprint density at radius 3 is 2.21 bits per heavy atom. The van der Waals surface area contributed by atoms with Gasteiger partial charge in [0.2, 0.25) is 0 Å². The van der Waals surface area contributed by atoms with Gasteiger partial charge in [0.25, 0.3) is 0 Å². The Morgan fingerprint density at radius 2 is 1.68 bits per heavy atom. The van der Waals surface area contributed by atoms with Crippen molar-refractivity contribution in [3.8, 4) is 5.75 Å². The first-order valence-corrected chi connectivity index (χ1v) is 7.25. The van der Waals surface area contributed by atoms with E-state index in [1.54, 1.807) is 18.9 Å². The smallest absolute Gasteiger partial charge is 0.167 e. The molecule has 0 saturated carbocycles. The molecule has 0 aliphatic heterocycles. The number of carbonyl (C=O) groups is 1. The van der Waals surface area contributed by atoms with Crippen LogP contribution in [0.5, 0.6) is 5.75 Å². The molecule has 0 bridgehead atoms. The van der Waals surface area contributed by atoms with E-state index in [9.17, 15) is 4.79 Å². The van der Waals surface area contributed by atoms with Crippen molar-refractivity contribution < 1.29 is 9.53 Å². The number of ketones is 1. The van der Waals surface area contributed by atoms with Gasteiger partial charge in [-0.05, 0) is 36.1 Å². The monoisotopic (exact) mass is 272 g/mol. The molecule has 0 radical (unpaired) electrons. The van der Waals surface area contributed by atoms with Crippen molar-refractivity contribution >= 4 is 17.5 Å². The lowest BCUT2D eigenvalue weighted by Gasteiger charge is -2.04. The zero-order chi connectivity index (χ0) is 13.7. The van der Waals surface area contributed by atoms with Gasteiger partial charge < -0.3 is 4.74 Å². The maximum Gasteiger partial charge on any atom is 0.167 e. The van der Waals surface area contributed by atoms with Crippen molar-refractivity contribution in [1.82, 2.24) is 0 Å². The Kier molecular flexibility index (Phi) is 4.63. The molecule has 0 aliphatic carbocycles. The van der Waals surface area contributed by atoms with Crippen molar-refractivity contribution in [2.75, 3.05) is 13.4 Å². The van der Waals surface area contributed by atoms with Crippen LogP contribution in [0.4, 0.5) is 0 Å². The minimum atomic E-state index is 0.137. The van der Waals surface area contributed by atoms with Gasteiger partial charge in [0.1, 0.15) is 5.75 Å². The summed E-state index contributed by atoms with van der Waals surface area (Å²) in [6.07, 6.45) is 2.44. The molecule has 0 aliphatic rings. The second-order valence-corrected chi connectivity index (χ2v) is 5.06. The number of hydrogen-bond donors (Lipinski definition) is 0. The van der Waals surface area contributed by atoms with Crippen LogP contribution in [-0.2, 0) is 6.42 Å². The summed E-state index contributed by atoms with van der Waals surface area (Å²) in [6.45, 7) is 0. The van der Waals surface area contributed by atoms with Gasteiger partial charge in [0.05, 0.1) is 7.11 Å². The highest BCUT2D eigenvalue weighted by atomic mass is 32.2. The molecule has 3 heteroatoms. The average Bonchev–Trinajstić information content (AvgIpc) is 2.48. The third kappa shape index (κ3) is 3.61. The number of methoxy groups -OCH3 is 1. The van der Waals surface area contributed by atoms with Gasteiger partial charge >= 0.3 is 0 Å². The largest absolute Gasteiger partial charge is 0.497 e. The summed E-state index contributed by atoms with van der Waals surface area (Å²) in [4.78, 5) is 13.3. The molecule has 0 amide bonds. The molecular weight excluding hydrogens is 256 g/mol. The first-order valence-electron chi connectivity index (χ1n) is 6.03. The topological polar surface area (TPSA) is 26.3 Å². The Labute approximate surface area is 117 Å². The molecule has 0 unspecified atom stereocenters. The van der Waals surface area contributed by atoms with E-state index in [-0.39, 0.29) is 5.78 Å². The molecule has 0 fully saturated rings. The van der Waals surface area contributed by atoms with E-state index in [2.05, 4.69) is 0 Å². The van der Waals surface area contributed by atoms with E-state index in [1.807, 2.05) is 54.8 Å². The predicted octanol–water partition coefficient (Wildman–Crippen LogP) is 3.84. The molecule has 0 heterocycles. The van der Waals surface area contributed by atoms with E-state index in [1.165, 1.54) is 4.90 Å². The van der Waals surface area contributed by atoms with Gasteiger partial charge in [-0.25, -0.2) is 0 Å². The number of thioether (sulfide) groups is 1. The molecule has 98 valence electrons. The van der Waals surface area contributed by atoms with E-state index in [4.69, 9.17) is 4.74 Å². The highest BCUT2D eigenvalue weighted by Gasteiger charge is 2.07. The minimum absolute atomic E-state index is 0.137. The van der Waals surface area contributed by atoms with Crippen LogP contribution in [0.2, 0.25) is 0 Å². The fraction of sp³-hybridized carbons (Fsp3) is 0.188. The van der Waals surface area contributed by atoms with E-state index >= 15 is 0 Å². The molecule has 2 aromatic rings. The van der Waals surface area contributed by atoms with Crippen LogP contribution >= 0.6 is 11.8 Å². The zero-order valence-corrected chi connectivity index (χ0v) is 11.9. The predicted molar refractivity (Wildman–Crippen MR) is 79.3 cm³/mol. The van der Waals surface area contributed by atoms with Gasteiger partial charge in [-0.3, -0.25) is 4.79 Å². The van der Waals surface area contributed by atoms with Crippen molar-refractivity contribution in [3.63, 3.8) is 0 Å². The van der Waals surface area contributed by atoms with Crippen LogP contribution in [0.25, 0.3) is 0 Å². The highest BCUT2D eigenvalue weighted by molar-refractivity contribution is 7.98. The quantitative estimate of drug-likeness (QED) is 0.611. The second kappa shape index (κ2) is 6.43. The third-order valence-corrected chi connectivity index (χ3v) is 3.68. The Balaban J connectivity index is 2.06. The summed E-state index contributed by atoms with van der Waals surface area (Å²) < 4.78 is 5.10. The lowest BCUT2D eigenvalue weighted by Crippen LogP contribution is -2.03. The van der Waals surface area contributed by atoms with Crippen LogP contribution < -0.4 is 4.74 Å². The lowest BCUT2D eigenvalue weighted by atomic mass is 10.0. The molecule has 0 aromatic heterocycles. The van der Waals surface area contributed by atoms with Gasteiger partial charge in [-0.1, -0.05) is 24.3 Å². The molecule has 2 aromatic carbocycles. The number of hydrogen-bond acceptors (Lipinski definition) is 3. The number of rotatable bonds is 5. The lowest BCUT2D eigenvalue weighted by molar-refractivity contribution is 0.0993. The first-order chi connectivity index (χ1) is 9.22. The summed E-state index contributed by atoms with van der Waals surface area (Å²) in [6, 6.07) is 15.3. The van der Waals surface area contributed by atoms with Crippen LogP contribution in [0.15, 0.2) is 53.4 Å². The second-order valence-electron chi connectivity index (χ2n) is 4.18. The summed E-state index contributed by atoms with van der Waals surface area (Å²) in [5.41, 5.74) is 1.76.